The van der Waals surface area contributed by atoms with E-state index in [2.05, 4.69) is 4.90 Å². The maximum absolute atomic E-state index is 12.1. The lowest BCUT2D eigenvalue weighted by Crippen LogP contribution is -2.57. The molecule has 0 saturated carbocycles. The van der Waals surface area contributed by atoms with Crippen LogP contribution < -0.4 is 4.74 Å². The third-order valence-corrected chi connectivity index (χ3v) is 5.05. The number of likely N-dealkylation sites (tertiary alicyclic amines) is 1. The first-order valence-corrected chi connectivity index (χ1v) is 9.29. The Morgan fingerprint density at radius 1 is 1.19 bits per heavy atom. The molecule has 1 aliphatic rings. The van der Waals surface area contributed by atoms with Crippen molar-refractivity contribution < 1.29 is 14.3 Å². The van der Waals surface area contributed by atoms with E-state index in [1.165, 1.54) is 0 Å². The summed E-state index contributed by atoms with van der Waals surface area (Å²) in [6.45, 7) is 3.27. The van der Waals surface area contributed by atoms with Gasteiger partial charge in [0, 0.05) is 31.0 Å². The number of hydrogen-bond donors (Lipinski definition) is 0. The SMILES string of the molecule is CCC(=O)OC1CN(C)CCC1(Oc1ccc(Cl)cc1)c1ccccc1. The number of hydrogen-bond acceptors (Lipinski definition) is 4. The Balaban J connectivity index is 2.02. The average Bonchev–Trinajstić information content (AvgIpc) is 2.66. The van der Waals surface area contributed by atoms with Gasteiger partial charge < -0.3 is 14.4 Å². The van der Waals surface area contributed by atoms with Gasteiger partial charge in [-0.1, -0.05) is 48.9 Å². The van der Waals surface area contributed by atoms with Crippen molar-refractivity contribution in [2.75, 3.05) is 20.1 Å². The van der Waals surface area contributed by atoms with Crippen LogP contribution in [0.25, 0.3) is 0 Å². The fourth-order valence-corrected chi connectivity index (χ4v) is 3.48. The van der Waals surface area contributed by atoms with Gasteiger partial charge in [0.25, 0.3) is 0 Å². The minimum atomic E-state index is -0.730. The molecule has 0 N–H and O–H groups in total. The van der Waals surface area contributed by atoms with Gasteiger partial charge in [-0.15, -0.1) is 0 Å². The largest absolute Gasteiger partial charge is 0.479 e. The summed E-state index contributed by atoms with van der Waals surface area (Å²) in [5.41, 5.74) is 0.281. The second-order valence-corrected chi connectivity index (χ2v) is 7.09. The van der Waals surface area contributed by atoms with Crippen molar-refractivity contribution in [2.45, 2.75) is 31.5 Å². The number of likely N-dealkylation sites (N-methyl/N-ethyl adjacent to an activating group) is 1. The van der Waals surface area contributed by atoms with E-state index < -0.39 is 11.7 Å². The number of carbonyl (C=O) groups excluding carboxylic acids is 1. The van der Waals surface area contributed by atoms with Crippen molar-refractivity contribution in [2.24, 2.45) is 0 Å². The fraction of sp³-hybridized carbons (Fsp3) is 0.381. The number of halogens is 1. The second-order valence-electron chi connectivity index (χ2n) is 6.66. The molecule has 2 aromatic carbocycles. The van der Waals surface area contributed by atoms with Gasteiger partial charge in [-0.2, -0.15) is 0 Å². The van der Waals surface area contributed by atoms with E-state index in [0.717, 1.165) is 18.5 Å². The molecule has 1 saturated heterocycles. The smallest absolute Gasteiger partial charge is 0.305 e. The molecule has 0 aromatic heterocycles. The van der Waals surface area contributed by atoms with E-state index in [1.807, 2.05) is 49.5 Å². The van der Waals surface area contributed by atoms with Gasteiger partial charge in [-0.25, -0.2) is 0 Å². The molecule has 5 heteroatoms. The Labute approximate surface area is 159 Å². The minimum Gasteiger partial charge on any atom is -0.479 e. The highest BCUT2D eigenvalue weighted by Crippen LogP contribution is 2.39. The normalized spacial score (nSPS) is 23.4. The van der Waals surface area contributed by atoms with Gasteiger partial charge in [-0.3, -0.25) is 4.79 Å². The molecule has 138 valence electrons. The van der Waals surface area contributed by atoms with Crippen LogP contribution in [0.4, 0.5) is 0 Å². The van der Waals surface area contributed by atoms with Crippen LogP contribution in [0.1, 0.15) is 25.3 Å². The summed E-state index contributed by atoms with van der Waals surface area (Å²) < 4.78 is 12.4. The lowest BCUT2D eigenvalue weighted by atomic mass is 9.81. The van der Waals surface area contributed by atoms with Crippen molar-refractivity contribution in [3.8, 4) is 5.75 Å². The van der Waals surface area contributed by atoms with Crippen LogP contribution in [-0.2, 0) is 15.1 Å². The molecular formula is C21H24ClNO3. The van der Waals surface area contributed by atoms with Crippen LogP contribution in [0.2, 0.25) is 5.02 Å². The number of benzene rings is 2. The van der Waals surface area contributed by atoms with Gasteiger partial charge in [0.2, 0.25) is 0 Å². The summed E-state index contributed by atoms with van der Waals surface area (Å²) >= 11 is 6.01. The maximum atomic E-state index is 12.1. The van der Waals surface area contributed by atoms with Crippen LogP contribution in [0.3, 0.4) is 0 Å². The van der Waals surface area contributed by atoms with Gasteiger partial charge in [0.05, 0.1) is 0 Å². The lowest BCUT2D eigenvalue weighted by molar-refractivity contribution is -0.172. The molecule has 0 radical (unpaired) electrons. The van der Waals surface area contributed by atoms with Crippen molar-refractivity contribution in [3.63, 3.8) is 0 Å². The first kappa shape index (κ1) is 18.7. The van der Waals surface area contributed by atoms with Crippen molar-refractivity contribution in [1.82, 2.24) is 4.90 Å². The molecule has 2 atom stereocenters. The molecule has 0 bridgehead atoms. The van der Waals surface area contributed by atoms with Crippen molar-refractivity contribution in [3.05, 3.63) is 65.2 Å². The summed E-state index contributed by atoms with van der Waals surface area (Å²) in [5.74, 6) is 0.491. The first-order chi connectivity index (χ1) is 12.5. The highest BCUT2D eigenvalue weighted by Gasteiger charge is 2.48. The molecule has 0 aliphatic carbocycles. The van der Waals surface area contributed by atoms with Gasteiger partial charge in [0.15, 0.2) is 11.7 Å². The number of piperidine rings is 1. The Kier molecular flexibility index (Phi) is 5.84. The Morgan fingerprint density at radius 3 is 2.54 bits per heavy atom. The van der Waals surface area contributed by atoms with Gasteiger partial charge >= 0.3 is 5.97 Å². The van der Waals surface area contributed by atoms with E-state index in [1.54, 1.807) is 19.1 Å². The Bertz CT molecular complexity index is 735. The predicted octanol–water partition coefficient (Wildman–Crippen LogP) is 4.27. The van der Waals surface area contributed by atoms with E-state index in [0.29, 0.717) is 23.7 Å². The number of nitrogens with zero attached hydrogens (tertiary/aromatic N) is 1. The van der Waals surface area contributed by atoms with E-state index in [4.69, 9.17) is 21.1 Å². The first-order valence-electron chi connectivity index (χ1n) is 8.91. The number of ether oxygens (including phenoxy) is 2. The molecule has 2 aromatic rings. The minimum absolute atomic E-state index is 0.217. The maximum Gasteiger partial charge on any atom is 0.305 e. The van der Waals surface area contributed by atoms with Gasteiger partial charge in [0.1, 0.15) is 5.75 Å². The molecule has 1 fully saturated rings. The summed E-state index contributed by atoms with van der Waals surface area (Å²) in [7, 11) is 2.03. The van der Waals surface area contributed by atoms with Crippen LogP contribution in [0.5, 0.6) is 5.75 Å². The van der Waals surface area contributed by atoms with Crippen LogP contribution in [0, 0.1) is 0 Å². The molecule has 1 aliphatic heterocycles. The number of carbonyl (C=O) groups is 1. The molecular weight excluding hydrogens is 350 g/mol. The van der Waals surface area contributed by atoms with E-state index >= 15 is 0 Å². The predicted molar refractivity (Wildman–Crippen MR) is 102 cm³/mol. The standard InChI is InChI=1S/C21H24ClNO3/c1-3-20(24)25-19-15-23(2)14-13-21(19,16-7-5-4-6-8-16)26-18-11-9-17(22)10-12-18/h4-12,19H,3,13-15H2,1-2H3. The van der Waals surface area contributed by atoms with Crippen LogP contribution >= 0.6 is 11.6 Å². The highest BCUT2D eigenvalue weighted by molar-refractivity contribution is 6.30. The quantitative estimate of drug-likeness (QED) is 0.733. The summed E-state index contributed by atoms with van der Waals surface area (Å²) in [6, 6.07) is 17.3. The van der Waals surface area contributed by atoms with Gasteiger partial charge in [-0.05, 0) is 36.9 Å². The Morgan fingerprint density at radius 2 is 1.88 bits per heavy atom. The van der Waals surface area contributed by atoms with Crippen molar-refractivity contribution in [1.29, 1.82) is 0 Å². The Hall–Kier alpha value is -2.04. The fourth-order valence-electron chi connectivity index (χ4n) is 3.35. The zero-order chi connectivity index (χ0) is 18.6. The van der Waals surface area contributed by atoms with E-state index in [-0.39, 0.29) is 5.97 Å². The lowest BCUT2D eigenvalue weighted by Gasteiger charge is -2.46. The molecule has 26 heavy (non-hydrogen) atoms. The number of esters is 1. The van der Waals surface area contributed by atoms with E-state index in [9.17, 15) is 4.79 Å². The molecule has 1 heterocycles. The molecule has 0 amide bonds. The monoisotopic (exact) mass is 373 g/mol. The van der Waals surface area contributed by atoms with Crippen LogP contribution in [-0.4, -0.2) is 37.1 Å². The average molecular weight is 374 g/mol. The molecule has 3 rings (SSSR count). The third kappa shape index (κ3) is 4.02. The molecule has 0 spiro atoms. The zero-order valence-electron chi connectivity index (χ0n) is 15.2. The highest BCUT2D eigenvalue weighted by atomic mass is 35.5. The summed E-state index contributed by atoms with van der Waals surface area (Å²) in [5, 5.41) is 0.656. The van der Waals surface area contributed by atoms with Crippen molar-refractivity contribution >= 4 is 17.6 Å². The summed E-state index contributed by atoms with van der Waals surface area (Å²) in [4.78, 5) is 14.3. The zero-order valence-corrected chi connectivity index (χ0v) is 15.9. The second kappa shape index (κ2) is 8.11. The third-order valence-electron chi connectivity index (χ3n) is 4.80. The topological polar surface area (TPSA) is 38.8 Å². The molecule has 2 unspecified atom stereocenters. The van der Waals surface area contributed by atoms with Crippen LogP contribution in [0.15, 0.2) is 54.6 Å². The molecule has 4 nitrogen and oxygen atoms in total. The summed E-state index contributed by atoms with van der Waals surface area (Å²) in [6.07, 6.45) is 0.663. The number of rotatable bonds is 5.